The van der Waals surface area contributed by atoms with Crippen molar-refractivity contribution < 1.29 is 27.6 Å². The SMILES string of the molecule is O=C1CCC(N2Cc3cc(CNc4nc5cc(C(F)(F)F)ccc5[nH]4)ccc3C2=O)C(=O)N1. The first-order valence-electron chi connectivity index (χ1n) is 10.3. The van der Waals surface area contributed by atoms with Crippen molar-refractivity contribution in [3.05, 3.63) is 58.7 Å². The molecule has 11 heteroatoms. The molecule has 2 aromatic carbocycles. The lowest BCUT2D eigenvalue weighted by atomic mass is 10.0. The fourth-order valence-corrected chi connectivity index (χ4v) is 4.19. The Morgan fingerprint density at radius 1 is 1.12 bits per heavy atom. The van der Waals surface area contributed by atoms with Crippen LogP contribution < -0.4 is 10.6 Å². The van der Waals surface area contributed by atoms with Gasteiger partial charge in [0.1, 0.15) is 6.04 Å². The van der Waals surface area contributed by atoms with Crippen molar-refractivity contribution in [1.29, 1.82) is 0 Å². The van der Waals surface area contributed by atoms with E-state index < -0.39 is 23.7 Å². The highest BCUT2D eigenvalue weighted by Crippen LogP contribution is 2.31. The highest BCUT2D eigenvalue weighted by Gasteiger charge is 2.39. The lowest BCUT2D eigenvalue weighted by Gasteiger charge is -2.29. The Morgan fingerprint density at radius 3 is 2.70 bits per heavy atom. The van der Waals surface area contributed by atoms with E-state index in [4.69, 9.17) is 0 Å². The molecule has 3 heterocycles. The van der Waals surface area contributed by atoms with E-state index in [9.17, 15) is 27.6 Å². The smallest absolute Gasteiger partial charge is 0.352 e. The second-order valence-corrected chi connectivity index (χ2v) is 8.06. The Kier molecular flexibility index (Phi) is 4.84. The number of hydrogen-bond acceptors (Lipinski definition) is 5. The van der Waals surface area contributed by atoms with Gasteiger partial charge in [0, 0.05) is 25.1 Å². The van der Waals surface area contributed by atoms with E-state index in [1.54, 1.807) is 12.1 Å². The van der Waals surface area contributed by atoms with Gasteiger partial charge in [-0.2, -0.15) is 13.2 Å². The Hall–Kier alpha value is -3.89. The molecule has 1 aromatic heterocycles. The predicted octanol–water partition coefficient (Wildman–Crippen LogP) is 2.95. The fraction of sp³-hybridized carbons (Fsp3) is 0.273. The van der Waals surface area contributed by atoms with Crippen LogP contribution in [0.2, 0.25) is 0 Å². The van der Waals surface area contributed by atoms with Crippen LogP contribution in [0, 0.1) is 0 Å². The molecule has 3 aromatic rings. The molecule has 8 nitrogen and oxygen atoms in total. The molecule has 3 amide bonds. The fourth-order valence-electron chi connectivity index (χ4n) is 4.19. The molecule has 0 saturated carbocycles. The summed E-state index contributed by atoms with van der Waals surface area (Å²) in [6, 6.07) is 7.94. The standard InChI is InChI=1S/C22H18F3N5O3/c23-22(24,25)13-2-4-15-16(8-13)28-21(27-15)26-9-11-1-3-14-12(7-11)10-30(20(14)33)17-5-6-18(31)29-19(17)32/h1-4,7-8,17H,5-6,9-10H2,(H2,26,27,28)(H,29,31,32). The number of carbonyl (C=O) groups excluding carboxylic acids is 3. The summed E-state index contributed by atoms with van der Waals surface area (Å²) in [4.78, 5) is 44.9. The van der Waals surface area contributed by atoms with Crippen LogP contribution in [0.4, 0.5) is 19.1 Å². The van der Waals surface area contributed by atoms with E-state index in [1.807, 2.05) is 6.07 Å². The van der Waals surface area contributed by atoms with Gasteiger partial charge in [-0.15, -0.1) is 0 Å². The molecule has 1 atom stereocenters. The lowest BCUT2D eigenvalue weighted by Crippen LogP contribution is -2.52. The van der Waals surface area contributed by atoms with Crippen LogP contribution in [-0.4, -0.2) is 38.6 Å². The van der Waals surface area contributed by atoms with Crippen LogP contribution in [0.5, 0.6) is 0 Å². The topological polar surface area (TPSA) is 107 Å². The minimum atomic E-state index is -4.44. The largest absolute Gasteiger partial charge is 0.416 e. The minimum Gasteiger partial charge on any atom is -0.352 e. The van der Waals surface area contributed by atoms with Gasteiger partial charge >= 0.3 is 6.18 Å². The summed E-state index contributed by atoms with van der Waals surface area (Å²) in [5.41, 5.74) is 2.02. The van der Waals surface area contributed by atoms with E-state index in [-0.39, 0.29) is 30.3 Å². The van der Waals surface area contributed by atoms with Crippen LogP contribution in [0.15, 0.2) is 36.4 Å². The third kappa shape index (κ3) is 3.90. The summed E-state index contributed by atoms with van der Waals surface area (Å²) >= 11 is 0. The van der Waals surface area contributed by atoms with Crippen molar-refractivity contribution in [2.75, 3.05) is 5.32 Å². The maximum atomic E-state index is 12.9. The molecular formula is C22H18F3N5O3. The number of imide groups is 1. The van der Waals surface area contributed by atoms with Gasteiger partial charge in [-0.25, -0.2) is 4.98 Å². The van der Waals surface area contributed by atoms with Crippen LogP contribution >= 0.6 is 0 Å². The maximum absolute atomic E-state index is 12.9. The van der Waals surface area contributed by atoms with Crippen molar-refractivity contribution >= 4 is 34.7 Å². The molecule has 170 valence electrons. The van der Waals surface area contributed by atoms with E-state index in [1.165, 1.54) is 11.0 Å². The van der Waals surface area contributed by atoms with E-state index in [0.29, 0.717) is 30.0 Å². The van der Waals surface area contributed by atoms with E-state index in [0.717, 1.165) is 23.3 Å². The average Bonchev–Trinajstić information content (AvgIpc) is 3.31. The number of nitrogens with one attached hydrogen (secondary N) is 3. The third-order valence-corrected chi connectivity index (χ3v) is 5.86. The second kappa shape index (κ2) is 7.61. The molecule has 5 rings (SSSR count). The number of imidazole rings is 1. The molecule has 0 radical (unpaired) electrons. The summed E-state index contributed by atoms with van der Waals surface area (Å²) in [5, 5.41) is 5.32. The first kappa shape index (κ1) is 21.0. The number of anilines is 1. The highest BCUT2D eigenvalue weighted by molar-refractivity contribution is 6.05. The number of nitrogens with zero attached hydrogens (tertiary/aromatic N) is 2. The van der Waals surface area contributed by atoms with Gasteiger partial charge in [0.25, 0.3) is 5.91 Å². The van der Waals surface area contributed by atoms with Crippen molar-refractivity contribution in [3.8, 4) is 0 Å². The van der Waals surface area contributed by atoms with Gasteiger partial charge in [-0.1, -0.05) is 12.1 Å². The monoisotopic (exact) mass is 457 g/mol. The Morgan fingerprint density at radius 2 is 1.94 bits per heavy atom. The number of rotatable bonds is 4. The number of H-pyrrole nitrogens is 1. The molecule has 0 aliphatic carbocycles. The van der Waals surface area contributed by atoms with Gasteiger partial charge in [0.05, 0.1) is 16.6 Å². The molecule has 2 aliphatic rings. The number of fused-ring (bicyclic) bond motifs is 2. The second-order valence-electron chi connectivity index (χ2n) is 8.06. The van der Waals surface area contributed by atoms with Gasteiger partial charge < -0.3 is 15.2 Å². The van der Waals surface area contributed by atoms with Crippen LogP contribution in [0.1, 0.15) is 39.9 Å². The van der Waals surface area contributed by atoms with E-state index in [2.05, 4.69) is 20.6 Å². The zero-order chi connectivity index (χ0) is 23.3. The van der Waals surface area contributed by atoms with Gasteiger partial charge in [0.15, 0.2) is 0 Å². The number of aromatic amines is 1. The van der Waals surface area contributed by atoms with Gasteiger partial charge in [-0.3, -0.25) is 19.7 Å². The van der Waals surface area contributed by atoms with Gasteiger partial charge in [-0.05, 0) is 41.8 Å². The number of benzene rings is 2. The molecular weight excluding hydrogens is 439 g/mol. The number of piperidine rings is 1. The summed E-state index contributed by atoms with van der Waals surface area (Å²) in [7, 11) is 0. The number of hydrogen-bond donors (Lipinski definition) is 3. The molecule has 1 fully saturated rings. The number of carbonyl (C=O) groups is 3. The number of amides is 3. The molecule has 3 N–H and O–H groups in total. The van der Waals surface area contributed by atoms with Crippen molar-refractivity contribution in [2.24, 2.45) is 0 Å². The first-order chi connectivity index (χ1) is 15.7. The summed E-state index contributed by atoms with van der Waals surface area (Å²) in [6.45, 7) is 0.588. The zero-order valence-corrected chi connectivity index (χ0v) is 17.1. The van der Waals surface area contributed by atoms with E-state index >= 15 is 0 Å². The van der Waals surface area contributed by atoms with Crippen molar-refractivity contribution in [2.45, 2.75) is 38.1 Å². The Bertz CT molecular complexity index is 1300. The zero-order valence-electron chi connectivity index (χ0n) is 17.1. The quantitative estimate of drug-likeness (QED) is 0.523. The molecule has 1 saturated heterocycles. The molecule has 33 heavy (non-hydrogen) atoms. The number of aromatic nitrogens is 2. The first-order valence-corrected chi connectivity index (χ1v) is 10.3. The Labute approximate surface area is 185 Å². The van der Waals surface area contributed by atoms with Gasteiger partial charge in [0.2, 0.25) is 17.8 Å². The molecule has 0 spiro atoms. The number of halogens is 3. The van der Waals surface area contributed by atoms with Crippen molar-refractivity contribution in [1.82, 2.24) is 20.2 Å². The third-order valence-electron chi connectivity index (χ3n) is 5.86. The maximum Gasteiger partial charge on any atom is 0.416 e. The minimum absolute atomic E-state index is 0.188. The number of alkyl halides is 3. The molecule has 2 aliphatic heterocycles. The van der Waals surface area contributed by atoms with Crippen LogP contribution in [0.25, 0.3) is 11.0 Å². The van der Waals surface area contributed by atoms with Crippen molar-refractivity contribution in [3.63, 3.8) is 0 Å². The summed E-state index contributed by atoms with van der Waals surface area (Å²) < 4.78 is 38.7. The van der Waals surface area contributed by atoms with Crippen LogP contribution in [0.3, 0.4) is 0 Å². The predicted molar refractivity (Wildman–Crippen MR) is 111 cm³/mol. The lowest BCUT2D eigenvalue weighted by molar-refractivity contribution is -0.138. The molecule has 1 unspecified atom stereocenters. The summed E-state index contributed by atoms with van der Waals surface area (Å²) in [5.74, 6) is -0.732. The molecule has 0 bridgehead atoms. The average molecular weight is 457 g/mol. The normalized spacial score (nSPS) is 18.6. The summed E-state index contributed by atoms with van der Waals surface area (Å²) in [6.07, 6.45) is -3.96. The highest BCUT2D eigenvalue weighted by atomic mass is 19.4. The Balaban J connectivity index is 1.29. The van der Waals surface area contributed by atoms with Crippen LogP contribution in [-0.2, 0) is 28.9 Å².